The van der Waals surface area contributed by atoms with Crippen molar-refractivity contribution < 1.29 is 0 Å². The van der Waals surface area contributed by atoms with Crippen LogP contribution in [0.2, 0.25) is 0 Å². The van der Waals surface area contributed by atoms with Gasteiger partial charge in [0, 0.05) is 17.3 Å². The molecule has 2 heterocycles. The van der Waals surface area contributed by atoms with Crippen LogP contribution in [0, 0.1) is 0 Å². The minimum absolute atomic E-state index is 0.0885. The average Bonchev–Trinajstić information content (AvgIpc) is 2.33. The first-order chi connectivity index (χ1) is 8.88. The molecule has 0 aromatic carbocycles. The third-order valence-electron chi connectivity index (χ3n) is 2.70. The highest BCUT2D eigenvalue weighted by atomic mass is 79.9. The predicted molar refractivity (Wildman–Crippen MR) is 79.9 cm³/mol. The van der Waals surface area contributed by atoms with Crippen LogP contribution in [0.5, 0.6) is 0 Å². The summed E-state index contributed by atoms with van der Waals surface area (Å²) in [6, 6.07) is 5.80. The fourth-order valence-corrected chi connectivity index (χ4v) is 2.53. The van der Waals surface area contributed by atoms with Crippen molar-refractivity contribution in [2.75, 3.05) is 5.73 Å². The maximum Gasteiger partial charge on any atom is 0.141 e. The molecule has 0 saturated carbocycles. The second-order valence-corrected chi connectivity index (χ2v) is 6.23. The second kappa shape index (κ2) is 5.25. The second-order valence-electron chi connectivity index (χ2n) is 5.44. The quantitative estimate of drug-likeness (QED) is 0.923. The topological polar surface area (TPSA) is 64.7 Å². The Morgan fingerprint density at radius 3 is 2.53 bits per heavy atom. The van der Waals surface area contributed by atoms with E-state index in [1.807, 2.05) is 18.2 Å². The molecular weight excluding hydrogens is 304 g/mol. The molecule has 0 atom stereocenters. The molecule has 0 spiro atoms. The summed E-state index contributed by atoms with van der Waals surface area (Å²) in [4.78, 5) is 13.2. The predicted octanol–water partition coefficient (Wildman–Crippen LogP) is 3.10. The van der Waals surface area contributed by atoms with Crippen LogP contribution in [0.3, 0.4) is 0 Å². The molecule has 2 aromatic rings. The Hall–Kier alpha value is -1.49. The lowest BCUT2D eigenvalue weighted by Gasteiger charge is -2.20. The van der Waals surface area contributed by atoms with Crippen LogP contribution in [-0.4, -0.2) is 15.0 Å². The zero-order chi connectivity index (χ0) is 14.0. The molecular formula is C14H17BrN4. The molecule has 0 fully saturated rings. The van der Waals surface area contributed by atoms with Gasteiger partial charge in [0.25, 0.3) is 0 Å². The maximum atomic E-state index is 5.95. The Morgan fingerprint density at radius 1 is 1.21 bits per heavy atom. The number of nitrogens with zero attached hydrogens (tertiary/aromatic N) is 3. The van der Waals surface area contributed by atoms with Crippen LogP contribution in [-0.2, 0) is 11.8 Å². The molecule has 5 heteroatoms. The van der Waals surface area contributed by atoms with Gasteiger partial charge >= 0.3 is 0 Å². The van der Waals surface area contributed by atoms with Crippen molar-refractivity contribution in [3.05, 3.63) is 46.1 Å². The van der Waals surface area contributed by atoms with Gasteiger partial charge in [0.05, 0.1) is 16.6 Å². The standard InChI is InChI=1S/C14H17BrN4/c1-14(2,3)12-11(15)13(16)19-10(18-12)8-9-6-4-5-7-17-9/h4-7H,8H2,1-3H3,(H2,16,18,19). The normalized spacial score (nSPS) is 11.6. The van der Waals surface area contributed by atoms with E-state index in [9.17, 15) is 0 Å². The van der Waals surface area contributed by atoms with E-state index in [4.69, 9.17) is 5.73 Å². The number of rotatable bonds is 2. The summed E-state index contributed by atoms with van der Waals surface area (Å²) in [6.07, 6.45) is 2.35. The highest BCUT2D eigenvalue weighted by Crippen LogP contribution is 2.31. The number of halogens is 1. The van der Waals surface area contributed by atoms with Crippen LogP contribution in [0.15, 0.2) is 28.9 Å². The van der Waals surface area contributed by atoms with Crippen LogP contribution in [0.4, 0.5) is 5.82 Å². The van der Waals surface area contributed by atoms with E-state index in [-0.39, 0.29) is 5.41 Å². The van der Waals surface area contributed by atoms with Crippen LogP contribution >= 0.6 is 15.9 Å². The van der Waals surface area contributed by atoms with Gasteiger partial charge in [0.1, 0.15) is 11.6 Å². The summed E-state index contributed by atoms with van der Waals surface area (Å²) in [5, 5.41) is 0. The lowest BCUT2D eigenvalue weighted by Crippen LogP contribution is -2.18. The van der Waals surface area contributed by atoms with Gasteiger partial charge in [-0.3, -0.25) is 4.98 Å². The maximum absolute atomic E-state index is 5.95. The van der Waals surface area contributed by atoms with Crippen molar-refractivity contribution in [1.82, 2.24) is 15.0 Å². The third-order valence-corrected chi connectivity index (χ3v) is 3.48. The molecule has 0 saturated heterocycles. The molecule has 0 bridgehead atoms. The molecule has 2 N–H and O–H groups in total. The first-order valence-electron chi connectivity index (χ1n) is 6.10. The summed E-state index contributed by atoms with van der Waals surface area (Å²) < 4.78 is 0.782. The summed E-state index contributed by atoms with van der Waals surface area (Å²) in [5.74, 6) is 1.18. The number of hydrogen-bond acceptors (Lipinski definition) is 4. The van der Waals surface area contributed by atoms with E-state index >= 15 is 0 Å². The zero-order valence-electron chi connectivity index (χ0n) is 11.3. The summed E-state index contributed by atoms with van der Waals surface area (Å²) in [6.45, 7) is 6.30. The van der Waals surface area contributed by atoms with Crippen molar-refractivity contribution in [1.29, 1.82) is 0 Å². The summed E-state index contributed by atoms with van der Waals surface area (Å²) >= 11 is 3.47. The Balaban J connectivity index is 2.40. The van der Waals surface area contributed by atoms with Crippen LogP contribution in [0.25, 0.3) is 0 Å². The van der Waals surface area contributed by atoms with E-state index in [0.29, 0.717) is 18.1 Å². The number of nitrogen functional groups attached to an aromatic ring is 1. The molecule has 0 unspecified atom stereocenters. The lowest BCUT2D eigenvalue weighted by molar-refractivity contribution is 0.559. The van der Waals surface area contributed by atoms with Gasteiger partial charge in [-0.05, 0) is 28.1 Å². The van der Waals surface area contributed by atoms with E-state index in [2.05, 4.69) is 51.7 Å². The van der Waals surface area contributed by atoms with Crippen molar-refractivity contribution >= 4 is 21.7 Å². The fourth-order valence-electron chi connectivity index (χ4n) is 1.75. The summed E-state index contributed by atoms with van der Waals surface area (Å²) in [5.41, 5.74) is 7.72. The smallest absolute Gasteiger partial charge is 0.141 e. The Bertz CT molecular complexity index is 576. The zero-order valence-corrected chi connectivity index (χ0v) is 12.9. The average molecular weight is 321 g/mol. The fraction of sp³-hybridized carbons (Fsp3) is 0.357. The first kappa shape index (κ1) is 13.9. The Labute approximate surface area is 121 Å². The number of aromatic nitrogens is 3. The van der Waals surface area contributed by atoms with E-state index < -0.39 is 0 Å². The molecule has 0 radical (unpaired) electrons. The van der Waals surface area contributed by atoms with Crippen molar-refractivity contribution in [3.63, 3.8) is 0 Å². The van der Waals surface area contributed by atoms with E-state index in [1.165, 1.54) is 0 Å². The highest BCUT2D eigenvalue weighted by molar-refractivity contribution is 9.10. The first-order valence-corrected chi connectivity index (χ1v) is 6.89. The monoisotopic (exact) mass is 320 g/mol. The van der Waals surface area contributed by atoms with E-state index in [1.54, 1.807) is 6.20 Å². The third kappa shape index (κ3) is 3.29. The molecule has 0 aliphatic rings. The van der Waals surface area contributed by atoms with Gasteiger partial charge in [-0.1, -0.05) is 26.8 Å². The molecule has 2 rings (SSSR count). The van der Waals surface area contributed by atoms with Crippen molar-refractivity contribution in [2.45, 2.75) is 32.6 Å². The van der Waals surface area contributed by atoms with E-state index in [0.717, 1.165) is 15.9 Å². The minimum Gasteiger partial charge on any atom is -0.383 e. The van der Waals surface area contributed by atoms with Gasteiger partial charge in [-0.2, -0.15) is 0 Å². The van der Waals surface area contributed by atoms with Gasteiger partial charge in [0.15, 0.2) is 0 Å². The molecule has 100 valence electrons. The lowest BCUT2D eigenvalue weighted by atomic mass is 9.92. The molecule has 4 nitrogen and oxygen atoms in total. The molecule has 19 heavy (non-hydrogen) atoms. The molecule has 0 aliphatic heterocycles. The van der Waals surface area contributed by atoms with Gasteiger partial charge in [0.2, 0.25) is 0 Å². The Morgan fingerprint density at radius 2 is 1.95 bits per heavy atom. The van der Waals surface area contributed by atoms with Crippen LogP contribution < -0.4 is 5.73 Å². The van der Waals surface area contributed by atoms with Crippen molar-refractivity contribution in [2.24, 2.45) is 0 Å². The highest BCUT2D eigenvalue weighted by Gasteiger charge is 2.22. The number of nitrogens with two attached hydrogens (primary N) is 1. The van der Waals surface area contributed by atoms with Crippen LogP contribution in [0.1, 0.15) is 38.0 Å². The van der Waals surface area contributed by atoms with Gasteiger partial charge < -0.3 is 5.73 Å². The largest absolute Gasteiger partial charge is 0.383 e. The van der Waals surface area contributed by atoms with Gasteiger partial charge in [-0.15, -0.1) is 0 Å². The molecule has 2 aromatic heterocycles. The number of pyridine rings is 1. The minimum atomic E-state index is -0.0885. The van der Waals surface area contributed by atoms with Gasteiger partial charge in [-0.25, -0.2) is 9.97 Å². The SMILES string of the molecule is CC(C)(C)c1nc(Cc2ccccn2)nc(N)c1Br. The molecule has 0 amide bonds. The number of anilines is 1. The number of hydrogen-bond donors (Lipinski definition) is 1. The summed E-state index contributed by atoms with van der Waals surface area (Å²) in [7, 11) is 0. The van der Waals surface area contributed by atoms with Crippen molar-refractivity contribution in [3.8, 4) is 0 Å². The molecule has 0 aliphatic carbocycles. The Kier molecular flexibility index (Phi) is 3.85.